The zero-order chi connectivity index (χ0) is 12.7. The molecule has 5 heteroatoms. The van der Waals surface area contributed by atoms with E-state index in [0.29, 0.717) is 5.75 Å². The van der Waals surface area contributed by atoms with Gasteiger partial charge in [0.15, 0.2) is 5.75 Å². The largest absolute Gasteiger partial charge is 0.357 e. The maximum absolute atomic E-state index is 10.5. The van der Waals surface area contributed by atoms with E-state index in [2.05, 4.69) is 12.1 Å². The highest BCUT2D eigenvalue weighted by atomic mass is 16.6. The number of nitro groups is 1. The first kappa shape index (κ1) is 13.2. The van der Waals surface area contributed by atoms with Gasteiger partial charge < -0.3 is 4.84 Å². The third-order valence-corrected chi connectivity index (χ3v) is 2.23. The summed E-state index contributed by atoms with van der Waals surface area (Å²) in [5, 5.41) is 14.5. The number of non-ortho nitro benzene ring substituents is 1. The van der Waals surface area contributed by atoms with Crippen LogP contribution in [0.2, 0.25) is 0 Å². The SMILES string of the molecule is CCCC/C(C)=N/Oc1cccc([N+](=O)[O-])c1. The van der Waals surface area contributed by atoms with Crippen LogP contribution in [0.1, 0.15) is 33.1 Å². The predicted octanol–water partition coefficient (Wildman–Crippen LogP) is 3.54. The van der Waals surface area contributed by atoms with Gasteiger partial charge in [0.05, 0.1) is 16.7 Å². The van der Waals surface area contributed by atoms with Crippen LogP contribution < -0.4 is 4.84 Å². The number of benzene rings is 1. The molecule has 92 valence electrons. The molecule has 0 aromatic heterocycles. The molecular formula is C12H16N2O3. The van der Waals surface area contributed by atoms with Gasteiger partial charge in [-0.25, -0.2) is 0 Å². The quantitative estimate of drug-likeness (QED) is 0.431. The molecule has 0 unspecified atom stereocenters. The van der Waals surface area contributed by atoms with Crippen molar-refractivity contribution >= 4 is 11.4 Å². The second-order valence-electron chi connectivity index (χ2n) is 3.78. The summed E-state index contributed by atoms with van der Waals surface area (Å²) in [6.45, 7) is 3.99. The first-order valence-electron chi connectivity index (χ1n) is 5.58. The predicted molar refractivity (Wildman–Crippen MR) is 66.4 cm³/mol. The number of hydrogen-bond donors (Lipinski definition) is 0. The second kappa shape index (κ2) is 6.62. The van der Waals surface area contributed by atoms with Gasteiger partial charge >= 0.3 is 0 Å². The zero-order valence-electron chi connectivity index (χ0n) is 10.0. The molecule has 0 saturated carbocycles. The van der Waals surface area contributed by atoms with Crippen LogP contribution in [0, 0.1) is 10.1 Å². The summed E-state index contributed by atoms with van der Waals surface area (Å²) < 4.78 is 0. The average molecular weight is 236 g/mol. The van der Waals surface area contributed by atoms with Crippen molar-refractivity contribution < 1.29 is 9.76 Å². The van der Waals surface area contributed by atoms with Crippen molar-refractivity contribution in [2.45, 2.75) is 33.1 Å². The minimum Gasteiger partial charge on any atom is -0.357 e. The molecule has 0 atom stereocenters. The van der Waals surface area contributed by atoms with Crippen LogP contribution in [0.3, 0.4) is 0 Å². The lowest BCUT2D eigenvalue weighted by atomic mass is 10.2. The van der Waals surface area contributed by atoms with Crippen LogP contribution in [0.25, 0.3) is 0 Å². The van der Waals surface area contributed by atoms with Gasteiger partial charge in [0.1, 0.15) is 0 Å². The van der Waals surface area contributed by atoms with E-state index in [-0.39, 0.29) is 5.69 Å². The highest BCUT2D eigenvalue weighted by molar-refractivity contribution is 5.81. The van der Waals surface area contributed by atoms with Crippen molar-refractivity contribution in [2.24, 2.45) is 5.16 Å². The first-order valence-corrected chi connectivity index (χ1v) is 5.58. The molecule has 0 bridgehead atoms. The number of hydrogen-bond acceptors (Lipinski definition) is 4. The topological polar surface area (TPSA) is 64.7 Å². The highest BCUT2D eigenvalue weighted by Gasteiger charge is 2.06. The first-order chi connectivity index (χ1) is 8.13. The molecule has 0 amide bonds. The van der Waals surface area contributed by atoms with Gasteiger partial charge in [-0.2, -0.15) is 0 Å². The van der Waals surface area contributed by atoms with Crippen molar-refractivity contribution in [1.29, 1.82) is 0 Å². The van der Waals surface area contributed by atoms with E-state index in [1.165, 1.54) is 12.1 Å². The van der Waals surface area contributed by atoms with Crippen LogP contribution in [-0.4, -0.2) is 10.6 Å². The molecule has 0 fully saturated rings. The Kier molecular flexibility index (Phi) is 5.13. The second-order valence-corrected chi connectivity index (χ2v) is 3.78. The van der Waals surface area contributed by atoms with Crippen molar-refractivity contribution in [3.63, 3.8) is 0 Å². The summed E-state index contributed by atoms with van der Waals surface area (Å²) in [6.07, 6.45) is 3.04. The van der Waals surface area contributed by atoms with Gasteiger partial charge in [-0.3, -0.25) is 10.1 Å². The lowest BCUT2D eigenvalue weighted by molar-refractivity contribution is -0.384. The number of nitrogens with zero attached hydrogens (tertiary/aromatic N) is 2. The fourth-order valence-electron chi connectivity index (χ4n) is 1.26. The Balaban J connectivity index is 2.62. The Morgan fingerprint density at radius 1 is 1.53 bits per heavy atom. The molecule has 1 rings (SSSR count). The third-order valence-electron chi connectivity index (χ3n) is 2.23. The number of rotatable bonds is 6. The van der Waals surface area contributed by atoms with Crippen LogP contribution in [0.15, 0.2) is 29.4 Å². The summed E-state index contributed by atoms with van der Waals surface area (Å²) in [5.74, 6) is 0.384. The van der Waals surface area contributed by atoms with Crippen molar-refractivity contribution in [3.05, 3.63) is 34.4 Å². The molecule has 0 radical (unpaired) electrons. The van der Waals surface area contributed by atoms with E-state index in [9.17, 15) is 10.1 Å². The fraction of sp³-hybridized carbons (Fsp3) is 0.417. The smallest absolute Gasteiger partial charge is 0.273 e. The summed E-state index contributed by atoms with van der Waals surface area (Å²) in [6, 6.07) is 5.99. The number of unbranched alkanes of at least 4 members (excludes halogenated alkanes) is 1. The van der Waals surface area contributed by atoms with E-state index >= 15 is 0 Å². The number of oxime groups is 1. The fourth-order valence-corrected chi connectivity index (χ4v) is 1.26. The van der Waals surface area contributed by atoms with Gasteiger partial charge in [-0.1, -0.05) is 24.6 Å². The zero-order valence-corrected chi connectivity index (χ0v) is 10.0. The summed E-state index contributed by atoms with van der Waals surface area (Å²) in [7, 11) is 0. The molecule has 5 nitrogen and oxygen atoms in total. The Morgan fingerprint density at radius 3 is 2.94 bits per heavy atom. The molecule has 0 N–H and O–H groups in total. The van der Waals surface area contributed by atoms with E-state index in [4.69, 9.17) is 4.84 Å². The molecular weight excluding hydrogens is 220 g/mol. The van der Waals surface area contributed by atoms with Gasteiger partial charge in [0.25, 0.3) is 5.69 Å². The van der Waals surface area contributed by atoms with Crippen molar-refractivity contribution in [1.82, 2.24) is 0 Å². The summed E-state index contributed by atoms with van der Waals surface area (Å²) in [5.41, 5.74) is 0.891. The van der Waals surface area contributed by atoms with Crippen LogP contribution in [-0.2, 0) is 0 Å². The van der Waals surface area contributed by atoms with Crippen molar-refractivity contribution in [2.75, 3.05) is 0 Å². The lowest BCUT2D eigenvalue weighted by Crippen LogP contribution is -1.95. The molecule has 1 aromatic carbocycles. The van der Waals surface area contributed by atoms with Crippen LogP contribution in [0.5, 0.6) is 5.75 Å². The number of nitro benzene ring substituents is 1. The maximum atomic E-state index is 10.5. The van der Waals surface area contributed by atoms with Crippen LogP contribution >= 0.6 is 0 Å². The average Bonchev–Trinajstić information content (AvgIpc) is 2.34. The molecule has 0 aliphatic heterocycles. The molecule has 0 heterocycles. The van der Waals surface area contributed by atoms with E-state index in [1.54, 1.807) is 12.1 Å². The van der Waals surface area contributed by atoms with Gasteiger partial charge in [0.2, 0.25) is 0 Å². The Hall–Kier alpha value is -1.91. The molecule has 0 aliphatic rings. The molecule has 1 aromatic rings. The monoisotopic (exact) mass is 236 g/mol. The molecule has 0 saturated heterocycles. The van der Waals surface area contributed by atoms with E-state index in [0.717, 1.165) is 25.0 Å². The maximum Gasteiger partial charge on any atom is 0.273 e. The van der Waals surface area contributed by atoms with Crippen molar-refractivity contribution in [3.8, 4) is 5.75 Å². The highest BCUT2D eigenvalue weighted by Crippen LogP contribution is 2.19. The van der Waals surface area contributed by atoms with Gasteiger partial charge in [0, 0.05) is 6.07 Å². The van der Waals surface area contributed by atoms with E-state index < -0.39 is 4.92 Å². The minimum absolute atomic E-state index is 0.00362. The van der Waals surface area contributed by atoms with Gasteiger partial charge in [-0.05, 0) is 25.8 Å². The summed E-state index contributed by atoms with van der Waals surface area (Å²) in [4.78, 5) is 15.2. The lowest BCUT2D eigenvalue weighted by Gasteiger charge is -2.01. The molecule has 17 heavy (non-hydrogen) atoms. The van der Waals surface area contributed by atoms with Crippen LogP contribution in [0.4, 0.5) is 5.69 Å². The van der Waals surface area contributed by atoms with Gasteiger partial charge in [-0.15, -0.1) is 0 Å². The van der Waals surface area contributed by atoms with E-state index in [1.807, 2.05) is 6.92 Å². The standard InChI is InChI=1S/C12H16N2O3/c1-3-4-6-10(2)13-17-12-8-5-7-11(9-12)14(15)16/h5,7-9H,3-4,6H2,1-2H3/b13-10+. The summed E-state index contributed by atoms with van der Waals surface area (Å²) >= 11 is 0. The Labute approximate surface area is 100 Å². The Morgan fingerprint density at radius 2 is 2.29 bits per heavy atom. The minimum atomic E-state index is -0.458. The third kappa shape index (κ3) is 4.63. The molecule has 0 aliphatic carbocycles. The molecule has 0 spiro atoms. The Bertz CT molecular complexity index is 416. The normalized spacial score (nSPS) is 11.3.